The van der Waals surface area contributed by atoms with Crippen molar-refractivity contribution in [1.29, 1.82) is 5.26 Å². The molecule has 3 N–H and O–H groups in total. The number of rotatable bonds is 5. The molecule has 1 amide bonds. The van der Waals surface area contributed by atoms with Crippen molar-refractivity contribution in [3.05, 3.63) is 41.9 Å². The van der Waals surface area contributed by atoms with E-state index >= 15 is 0 Å². The third kappa shape index (κ3) is 3.24. The van der Waals surface area contributed by atoms with Gasteiger partial charge in [-0.1, -0.05) is 0 Å². The van der Waals surface area contributed by atoms with Gasteiger partial charge in [-0.25, -0.2) is 9.97 Å². The van der Waals surface area contributed by atoms with Crippen LogP contribution in [0.1, 0.15) is 42.7 Å². The Morgan fingerprint density at radius 1 is 1.33 bits per heavy atom. The van der Waals surface area contributed by atoms with Crippen LogP contribution in [0, 0.1) is 30.1 Å². The highest BCUT2D eigenvalue weighted by Gasteiger charge is 2.42. The second kappa shape index (κ2) is 7.06. The maximum absolute atomic E-state index is 12.5. The Hall–Kier alpha value is -3.53. The van der Waals surface area contributed by atoms with Crippen LogP contribution in [0.2, 0.25) is 0 Å². The van der Waals surface area contributed by atoms with Gasteiger partial charge < -0.3 is 11.1 Å². The fourth-order valence-corrected chi connectivity index (χ4v) is 4.15. The molecule has 0 aromatic carbocycles. The zero-order valence-electron chi connectivity index (χ0n) is 16.7. The standard InChI is InChI=1S/C23H22N6O/c1-12-5-7-26-10-17(12)21-20(13-2-3-13)16-9-19(27-11-18(16)22(25)29-21)28-23(30)15-8-14(15)4-6-24/h5,7,9-11,13-15H,2-4,8H2,1H3,(H2,25,29)(H,27,28,30). The van der Waals surface area contributed by atoms with Gasteiger partial charge in [0.15, 0.2) is 0 Å². The molecule has 7 heteroatoms. The first-order valence-electron chi connectivity index (χ1n) is 10.2. The number of aryl methyl sites for hydroxylation is 1. The number of nitrogens with zero attached hydrogens (tertiary/aromatic N) is 4. The number of amides is 1. The number of aromatic nitrogens is 3. The third-order valence-electron chi connectivity index (χ3n) is 6.10. The SMILES string of the molecule is Cc1ccncc1-c1nc(N)c2cnc(NC(=O)C3CC3CC#N)cc2c1C1CC1. The number of hydrogen-bond acceptors (Lipinski definition) is 6. The van der Waals surface area contributed by atoms with E-state index in [1.807, 2.05) is 25.3 Å². The molecular formula is C23H22N6O. The van der Waals surface area contributed by atoms with E-state index in [0.717, 1.165) is 52.4 Å². The fourth-order valence-electron chi connectivity index (χ4n) is 4.15. The Labute approximate surface area is 174 Å². The predicted molar refractivity (Wildman–Crippen MR) is 114 cm³/mol. The average molecular weight is 398 g/mol. The summed E-state index contributed by atoms with van der Waals surface area (Å²) in [7, 11) is 0. The molecular weight excluding hydrogens is 376 g/mol. The lowest BCUT2D eigenvalue weighted by molar-refractivity contribution is -0.117. The zero-order chi connectivity index (χ0) is 20.8. The van der Waals surface area contributed by atoms with Gasteiger partial charge in [-0.15, -0.1) is 0 Å². The van der Waals surface area contributed by atoms with Gasteiger partial charge in [0.1, 0.15) is 11.6 Å². The highest BCUT2D eigenvalue weighted by atomic mass is 16.2. The van der Waals surface area contributed by atoms with E-state index in [0.29, 0.717) is 24.0 Å². The van der Waals surface area contributed by atoms with Gasteiger partial charge in [-0.3, -0.25) is 9.78 Å². The van der Waals surface area contributed by atoms with Gasteiger partial charge in [0.2, 0.25) is 5.91 Å². The Balaban J connectivity index is 1.57. The summed E-state index contributed by atoms with van der Waals surface area (Å²) >= 11 is 0. The Kier molecular flexibility index (Phi) is 4.35. The van der Waals surface area contributed by atoms with Crippen molar-refractivity contribution in [3.63, 3.8) is 0 Å². The molecule has 0 bridgehead atoms. The van der Waals surface area contributed by atoms with Crippen LogP contribution < -0.4 is 11.1 Å². The van der Waals surface area contributed by atoms with Crippen LogP contribution in [0.3, 0.4) is 0 Å². The number of hydrogen-bond donors (Lipinski definition) is 2. The van der Waals surface area contributed by atoms with Crippen molar-refractivity contribution in [2.75, 3.05) is 11.1 Å². The lowest BCUT2D eigenvalue weighted by Crippen LogP contribution is -2.15. The number of anilines is 2. The molecule has 2 unspecified atom stereocenters. The van der Waals surface area contributed by atoms with E-state index in [1.165, 1.54) is 0 Å². The van der Waals surface area contributed by atoms with Crippen molar-refractivity contribution in [1.82, 2.24) is 15.0 Å². The van der Waals surface area contributed by atoms with Crippen molar-refractivity contribution in [3.8, 4) is 17.3 Å². The predicted octanol–water partition coefficient (Wildman–Crippen LogP) is 3.95. The molecule has 3 aromatic rings. The molecule has 30 heavy (non-hydrogen) atoms. The summed E-state index contributed by atoms with van der Waals surface area (Å²) in [5, 5.41) is 13.5. The first kappa shape index (κ1) is 18.5. The molecule has 2 fully saturated rings. The van der Waals surface area contributed by atoms with E-state index in [9.17, 15) is 4.79 Å². The normalized spacial score (nSPS) is 20.0. The Morgan fingerprint density at radius 3 is 2.90 bits per heavy atom. The number of nitrogens with two attached hydrogens (primary N) is 1. The lowest BCUT2D eigenvalue weighted by atomic mass is 9.95. The maximum Gasteiger partial charge on any atom is 0.228 e. The number of nitrogen functional groups attached to an aromatic ring is 1. The van der Waals surface area contributed by atoms with E-state index in [-0.39, 0.29) is 17.7 Å². The number of pyridine rings is 3. The van der Waals surface area contributed by atoms with E-state index < -0.39 is 0 Å². The van der Waals surface area contributed by atoms with E-state index in [1.54, 1.807) is 12.4 Å². The van der Waals surface area contributed by atoms with Crippen LogP contribution in [-0.4, -0.2) is 20.9 Å². The summed E-state index contributed by atoms with van der Waals surface area (Å²) in [6.07, 6.45) is 8.70. The fraction of sp³-hybridized carbons (Fsp3) is 0.348. The third-order valence-corrected chi connectivity index (χ3v) is 6.10. The minimum Gasteiger partial charge on any atom is -0.383 e. The molecule has 0 aliphatic heterocycles. The van der Waals surface area contributed by atoms with Crippen LogP contribution in [0.5, 0.6) is 0 Å². The number of nitriles is 1. The van der Waals surface area contributed by atoms with Crippen LogP contribution in [0.4, 0.5) is 11.6 Å². The second-order valence-electron chi connectivity index (χ2n) is 8.29. The average Bonchev–Trinajstić information content (AvgIpc) is 3.64. The molecule has 7 nitrogen and oxygen atoms in total. The highest BCUT2D eigenvalue weighted by Crippen LogP contribution is 2.48. The van der Waals surface area contributed by atoms with Gasteiger partial charge in [-0.05, 0) is 66.7 Å². The Bertz CT molecular complexity index is 1210. The molecule has 2 saturated carbocycles. The van der Waals surface area contributed by atoms with Crippen LogP contribution in [0.15, 0.2) is 30.7 Å². The molecule has 150 valence electrons. The van der Waals surface area contributed by atoms with Crippen LogP contribution in [-0.2, 0) is 4.79 Å². The number of nitrogens with one attached hydrogen (secondary N) is 1. The van der Waals surface area contributed by atoms with Gasteiger partial charge in [0, 0.05) is 41.9 Å². The summed E-state index contributed by atoms with van der Waals surface area (Å²) in [6.45, 7) is 2.04. The molecule has 0 radical (unpaired) electrons. The molecule has 2 aliphatic rings. The molecule has 2 atom stereocenters. The quantitative estimate of drug-likeness (QED) is 0.672. The van der Waals surface area contributed by atoms with Gasteiger partial charge in [-0.2, -0.15) is 5.26 Å². The molecule has 0 spiro atoms. The summed E-state index contributed by atoms with van der Waals surface area (Å²) < 4.78 is 0. The molecule has 3 aromatic heterocycles. The first-order chi connectivity index (χ1) is 14.6. The number of carbonyl (C=O) groups is 1. The van der Waals surface area contributed by atoms with Crippen molar-refractivity contribution in [2.45, 2.75) is 38.5 Å². The lowest BCUT2D eigenvalue weighted by Gasteiger charge is -2.16. The largest absolute Gasteiger partial charge is 0.383 e. The van der Waals surface area contributed by atoms with Gasteiger partial charge in [0.25, 0.3) is 0 Å². The van der Waals surface area contributed by atoms with Gasteiger partial charge in [0.05, 0.1) is 11.8 Å². The molecule has 5 rings (SSSR count). The second-order valence-corrected chi connectivity index (χ2v) is 8.29. The van der Waals surface area contributed by atoms with E-state index in [2.05, 4.69) is 21.4 Å². The van der Waals surface area contributed by atoms with Crippen molar-refractivity contribution >= 4 is 28.3 Å². The van der Waals surface area contributed by atoms with Gasteiger partial charge >= 0.3 is 0 Å². The smallest absolute Gasteiger partial charge is 0.228 e. The van der Waals surface area contributed by atoms with Crippen molar-refractivity contribution < 1.29 is 4.79 Å². The molecule has 2 aliphatic carbocycles. The number of fused-ring (bicyclic) bond motifs is 1. The van der Waals surface area contributed by atoms with Crippen LogP contribution in [0.25, 0.3) is 22.0 Å². The Morgan fingerprint density at radius 2 is 2.17 bits per heavy atom. The first-order valence-corrected chi connectivity index (χ1v) is 10.2. The number of carbonyl (C=O) groups excluding carboxylic acids is 1. The zero-order valence-corrected chi connectivity index (χ0v) is 16.7. The summed E-state index contributed by atoms with van der Waals surface area (Å²) in [5.74, 6) is 1.36. The van der Waals surface area contributed by atoms with Crippen molar-refractivity contribution in [2.24, 2.45) is 11.8 Å². The highest BCUT2D eigenvalue weighted by molar-refractivity contribution is 6.01. The summed E-state index contributed by atoms with van der Waals surface area (Å²) in [4.78, 5) is 25.9. The minimum atomic E-state index is -0.0961. The summed E-state index contributed by atoms with van der Waals surface area (Å²) in [6, 6.07) is 6.02. The molecule has 3 heterocycles. The minimum absolute atomic E-state index is 0.0690. The van der Waals surface area contributed by atoms with E-state index in [4.69, 9.17) is 16.0 Å². The monoisotopic (exact) mass is 398 g/mol. The topological polar surface area (TPSA) is 118 Å². The summed E-state index contributed by atoms with van der Waals surface area (Å²) in [5.41, 5.74) is 10.4. The van der Waals surface area contributed by atoms with Crippen LogP contribution >= 0.6 is 0 Å². The maximum atomic E-state index is 12.5. The molecule has 0 saturated heterocycles.